The smallest absolute Gasteiger partial charge is 0.238 e. The van der Waals surface area contributed by atoms with Crippen LogP contribution in [0.15, 0.2) is 23.1 Å². The Hall–Kier alpha value is -1.44. The van der Waals surface area contributed by atoms with Gasteiger partial charge in [0.05, 0.1) is 4.90 Å². The second-order valence-electron chi connectivity index (χ2n) is 6.52. The summed E-state index contributed by atoms with van der Waals surface area (Å²) in [7, 11) is -3.81. The van der Waals surface area contributed by atoms with E-state index in [9.17, 15) is 13.2 Å². The van der Waals surface area contributed by atoms with Gasteiger partial charge in [0.2, 0.25) is 15.9 Å². The standard InChI is InChI=1S/C16H25N3O3S/c1-12-5-6-13(9-14(12)23(18,21)22)19-15(20)10-16(11-17)7-3-2-4-8-16/h5-6,9H,2-4,7-8,10-11,17H2,1H3,(H,19,20)(H2,18,21,22). The van der Waals surface area contributed by atoms with Crippen molar-refractivity contribution in [1.29, 1.82) is 0 Å². The highest BCUT2D eigenvalue weighted by Crippen LogP contribution is 2.38. The van der Waals surface area contributed by atoms with Crippen LogP contribution in [0.25, 0.3) is 0 Å². The molecule has 2 rings (SSSR count). The lowest BCUT2D eigenvalue weighted by atomic mass is 9.71. The van der Waals surface area contributed by atoms with Crippen LogP contribution in [-0.4, -0.2) is 20.9 Å². The second-order valence-corrected chi connectivity index (χ2v) is 8.04. The summed E-state index contributed by atoms with van der Waals surface area (Å²) in [6.07, 6.45) is 5.69. The van der Waals surface area contributed by atoms with Gasteiger partial charge in [-0.05, 0) is 49.4 Å². The van der Waals surface area contributed by atoms with Gasteiger partial charge in [-0.3, -0.25) is 4.79 Å². The normalized spacial score (nSPS) is 17.7. The van der Waals surface area contributed by atoms with E-state index in [-0.39, 0.29) is 16.2 Å². The third-order valence-corrected chi connectivity index (χ3v) is 5.71. The minimum absolute atomic E-state index is 0.0292. The minimum Gasteiger partial charge on any atom is -0.330 e. The molecule has 1 aromatic rings. The number of sulfonamides is 1. The molecule has 5 N–H and O–H groups in total. The largest absolute Gasteiger partial charge is 0.330 e. The topological polar surface area (TPSA) is 115 Å². The second kappa shape index (κ2) is 6.98. The quantitative estimate of drug-likeness (QED) is 0.759. The minimum atomic E-state index is -3.81. The molecule has 0 unspecified atom stereocenters. The lowest BCUT2D eigenvalue weighted by molar-refractivity contribution is -0.118. The van der Waals surface area contributed by atoms with Crippen molar-refractivity contribution in [2.75, 3.05) is 11.9 Å². The molecular formula is C16H25N3O3S. The molecule has 1 aliphatic carbocycles. The molecule has 0 aliphatic heterocycles. The molecule has 0 saturated heterocycles. The van der Waals surface area contributed by atoms with Crippen LogP contribution in [0.1, 0.15) is 44.1 Å². The average molecular weight is 339 g/mol. The number of nitrogens with one attached hydrogen (secondary N) is 1. The Morgan fingerprint density at radius 2 is 1.91 bits per heavy atom. The predicted octanol–water partition coefficient (Wildman–Crippen LogP) is 1.88. The van der Waals surface area contributed by atoms with Crippen molar-refractivity contribution < 1.29 is 13.2 Å². The number of aryl methyl sites for hydroxylation is 1. The van der Waals surface area contributed by atoms with E-state index in [0.29, 0.717) is 24.2 Å². The molecule has 1 aliphatic rings. The first kappa shape index (κ1) is 17.9. The fourth-order valence-corrected chi connectivity index (χ4v) is 4.09. The molecule has 1 saturated carbocycles. The van der Waals surface area contributed by atoms with E-state index in [0.717, 1.165) is 25.7 Å². The van der Waals surface area contributed by atoms with Crippen LogP contribution < -0.4 is 16.2 Å². The molecule has 0 heterocycles. The molecule has 1 aromatic carbocycles. The predicted molar refractivity (Wildman–Crippen MR) is 90.4 cm³/mol. The summed E-state index contributed by atoms with van der Waals surface area (Å²) < 4.78 is 23.1. The lowest BCUT2D eigenvalue weighted by Crippen LogP contribution is -2.36. The fourth-order valence-electron chi connectivity index (χ4n) is 3.28. The zero-order chi connectivity index (χ0) is 17.1. The zero-order valence-corrected chi connectivity index (χ0v) is 14.3. The number of carbonyl (C=O) groups excluding carboxylic acids is 1. The van der Waals surface area contributed by atoms with Crippen LogP contribution in [0.5, 0.6) is 0 Å². The van der Waals surface area contributed by atoms with Crippen LogP contribution >= 0.6 is 0 Å². The summed E-state index contributed by atoms with van der Waals surface area (Å²) in [6.45, 7) is 2.16. The molecule has 7 heteroatoms. The molecule has 1 amide bonds. The van der Waals surface area contributed by atoms with Crippen molar-refractivity contribution in [3.8, 4) is 0 Å². The monoisotopic (exact) mass is 339 g/mol. The number of carbonyl (C=O) groups is 1. The van der Waals surface area contributed by atoms with Gasteiger partial charge in [-0.25, -0.2) is 13.6 Å². The van der Waals surface area contributed by atoms with E-state index in [2.05, 4.69) is 5.32 Å². The highest BCUT2D eigenvalue weighted by molar-refractivity contribution is 7.89. The van der Waals surface area contributed by atoms with E-state index in [1.54, 1.807) is 19.1 Å². The van der Waals surface area contributed by atoms with Crippen molar-refractivity contribution in [1.82, 2.24) is 0 Å². The van der Waals surface area contributed by atoms with E-state index in [4.69, 9.17) is 10.9 Å². The summed E-state index contributed by atoms with van der Waals surface area (Å²) >= 11 is 0. The molecule has 23 heavy (non-hydrogen) atoms. The van der Waals surface area contributed by atoms with Crippen molar-refractivity contribution in [2.24, 2.45) is 16.3 Å². The number of rotatable bonds is 5. The zero-order valence-electron chi connectivity index (χ0n) is 13.5. The van der Waals surface area contributed by atoms with Crippen LogP contribution in [0, 0.1) is 12.3 Å². The number of hydrogen-bond donors (Lipinski definition) is 3. The number of nitrogens with two attached hydrogens (primary N) is 2. The SMILES string of the molecule is Cc1ccc(NC(=O)CC2(CN)CCCCC2)cc1S(N)(=O)=O. The molecule has 0 radical (unpaired) electrons. The molecule has 128 valence electrons. The van der Waals surface area contributed by atoms with Crippen molar-refractivity contribution in [3.63, 3.8) is 0 Å². The summed E-state index contributed by atoms with van der Waals surface area (Å²) in [4.78, 5) is 12.4. The van der Waals surface area contributed by atoms with Crippen LogP contribution in [0.3, 0.4) is 0 Å². The summed E-state index contributed by atoms with van der Waals surface area (Å²) in [6, 6.07) is 4.71. The molecule has 0 spiro atoms. The highest BCUT2D eigenvalue weighted by Gasteiger charge is 2.33. The average Bonchev–Trinajstić information content (AvgIpc) is 2.49. The van der Waals surface area contributed by atoms with Gasteiger partial charge in [0, 0.05) is 12.1 Å². The van der Waals surface area contributed by atoms with Gasteiger partial charge < -0.3 is 11.1 Å². The molecular weight excluding hydrogens is 314 g/mol. The summed E-state index contributed by atoms with van der Waals surface area (Å²) in [5.74, 6) is -0.137. The van der Waals surface area contributed by atoms with E-state index >= 15 is 0 Å². The Morgan fingerprint density at radius 1 is 1.26 bits per heavy atom. The number of primary sulfonamides is 1. The Balaban J connectivity index is 2.11. The molecule has 0 aromatic heterocycles. The molecule has 1 fully saturated rings. The number of benzene rings is 1. The fraction of sp³-hybridized carbons (Fsp3) is 0.562. The first-order valence-corrected chi connectivity index (χ1v) is 9.44. The maximum absolute atomic E-state index is 12.3. The number of hydrogen-bond acceptors (Lipinski definition) is 4. The molecule has 0 bridgehead atoms. The van der Waals surface area contributed by atoms with Crippen molar-refractivity contribution in [3.05, 3.63) is 23.8 Å². The van der Waals surface area contributed by atoms with Gasteiger partial charge in [0.1, 0.15) is 0 Å². The first-order chi connectivity index (χ1) is 10.8. The van der Waals surface area contributed by atoms with Gasteiger partial charge in [-0.1, -0.05) is 25.3 Å². The molecule has 0 atom stereocenters. The van der Waals surface area contributed by atoms with Crippen LogP contribution in [0.2, 0.25) is 0 Å². The Bertz CT molecular complexity index is 680. The third kappa shape index (κ3) is 4.53. The Morgan fingerprint density at radius 3 is 2.48 bits per heavy atom. The maximum Gasteiger partial charge on any atom is 0.238 e. The van der Waals surface area contributed by atoms with Crippen molar-refractivity contribution in [2.45, 2.75) is 50.3 Å². The third-order valence-electron chi connectivity index (χ3n) is 4.66. The van der Waals surface area contributed by atoms with Crippen LogP contribution in [0.4, 0.5) is 5.69 Å². The lowest BCUT2D eigenvalue weighted by Gasteiger charge is -2.35. The Labute approximate surface area is 137 Å². The van der Waals surface area contributed by atoms with Crippen molar-refractivity contribution >= 4 is 21.6 Å². The summed E-state index contributed by atoms with van der Waals surface area (Å²) in [5, 5.41) is 7.97. The van der Waals surface area contributed by atoms with E-state index in [1.165, 1.54) is 12.5 Å². The molecule has 6 nitrogen and oxygen atoms in total. The summed E-state index contributed by atoms with van der Waals surface area (Å²) in [5.41, 5.74) is 6.77. The van der Waals surface area contributed by atoms with Gasteiger partial charge in [-0.15, -0.1) is 0 Å². The van der Waals surface area contributed by atoms with Gasteiger partial charge in [0.15, 0.2) is 0 Å². The van der Waals surface area contributed by atoms with Gasteiger partial charge >= 0.3 is 0 Å². The van der Waals surface area contributed by atoms with E-state index < -0.39 is 10.0 Å². The van der Waals surface area contributed by atoms with Crippen LogP contribution in [-0.2, 0) is 14.8 Å². The number of amides is 1. The maximum atomic E-state index is 12.3. The number of anilines is 1. The Kier molecular flexibility index (Phi) is 5.44. The first-order valence-electron chi connectivity index (χ1n) is 7.89. The van der Waals surface area contributed by atoms with Gasteiger partial charge in [0.25, 0.3) is 0 Å². The highest BCUT2D eigenvalue weighted by atomic mass is 32.2. The van der Waals surface area contributed by atoms with Gasteiger partial charge in [-0.2, -0.15) is 0 Å². The van der Waals surface area contributed by atoms with E-state index in [1.807, 2.05) is 0 Å².